The molecule has 1 aliphatic heterocycles. The number of pyridine rings is 1. The molecule has 2 atom stereocenters. The molecule has 1 aromatic heterocycles. The van der Waals surface area contributed by atoms with Crippen molar-refractivity contribution in [1.29, 1.82) is 0 Å². The first-order chi connectivity index (χ1) is 32.6. The monoisotopic (exact) mass is 1070 g/mol. The zero-order chi connectivity index (χ0) is 45.8. The van der Waals surface area contributed by atoms with Gasteiger partial charge in [-0.2, -0.15) is 0 Å². The molecule has 9 aromatic rings. The SMILES string of the molecule is CC(C)c1cc(Oc2ccc3cc(C(C)(C)C)cc(O)c3n2)[c-]c(C2=N[C@H]3c4ccccc4-c4ccccc4C[C@H]3N2c2c(-c3ccccc3)cc(-c3ccccc3)cc2-c2ccccc2)c1.[Pt]. The molecule has 2 heterocycles. The number of hydrogen-bond donors (Lipinski definition) is 1. The summed E-state index contributed by atoms with van der Waals surface area (Å²) in [6.07, 6.45) is 0.764. The summed E-state index contributed by atoms with van der Waals surface area (Å²) in [5.41, 5.74) is 16.1. The molecule has 0 radical (unpaired) electrons. The molecular formula is C62H52N3O2Pt-. The Bertz CT molecular complexity index is 3280. The fourth-order valence-corrected chi connectivity index (χ4v) is 9.96. The second-order valence-electron chi connectivity index (χ2n) is 19.2. The molecule has 6 heteroatoms. The second-order valence-corrected chi connectivity index (χ2v) is 19.2. The molecule has 0 amide bonds. The number of aromatic nitrogens is 1. The normalized spacial score (nSPS) is 15.2. The smallest absolute Gasteiger partial charge is 0.217 e. The first kappa shape index (κ1) is 44.7. The number of hydrogen-bond acceptors (Lipinski definition) is 5. The molecule has 2 aliphatic rings. The molecule has 0 fully saturated rings. The van der Waals surface area contributed by atoms with Gasteiger partial charge in [-0.3, -0.25) is 0 Å². The zero-order valence-electron chi connectivity index (χ0n) is 38.9. The van der Waals surface area contributed by atoms with Crippen LogP contribution in [0.1, 0.15) is 74.4 Å². The Hall–Kier alpha value is -7.07. The summed E-state index contributed by atoms with van der Waals surface area (Å²) >= 11 is 0. The number of phenols is 1. The molecule has 5 nitrogen and oxygen atoms in total. The maximum atomic E-state index is 11.2. The zero-order valence-corrected chi connectivity index (χ0v) is 41.1. The van der Waals surface area contributed by atoms with Crippen molar-refractivity contribution in [2.24, 2.45) is 4.99 Å². The summed E-state index contributed by atoms with van der Waals surface area (Å²) in [5.74, 6) is 2.04. The summed E-state index contributed by atoms with van der Waals surface area (Å²) < 4.78 is 6.71. The average Bonchev–Trinajstić information content (AvgIpc) is 3.65. The maximum absolute atomic E-state index is 11.2. The first-order valence-corrected chi connectivity index (χ1v) is 23.4. The Kier molecular flexibility index (Phi) is 12.0. The Morgan fingerprint density at radius 2 is 1.24 bits per heavy atom. The fraction of sp³-hybridized carbons (Fsp3) is 0.161. The average molecular weight is 1070 g/mol. The molecule has 338 valence electrons. The maximum Gasteiger partial charge on any atom is 0.217 e. The van der Waals surface area contributed by atoms with E-state index in [1.54, 1.807) is 0 Å². The van der Waals surface area contributed by atoms with Gasteiger partial charge in [0.1, 0.15) is 11.3 Å². The number of benzene rings is 8. The van der Waals surface area contributed by atoms with Crippen LogP contribution in [0.5, 0.6) is 17.4 Å². The van der Waals surface area contributed by atoms with Gasteiger partial charge >= 0.3 is 0 Å². The van der Waals surface area contributed by atoms with Crippen LogP contribution in [0.4, 0.5) is 5.69 Å². The quantitative estimate of drug-likeness (QED) is 0.154. The van der Waals surface area contributed by atoms with Crippen LogP contribution in [0.25, 0.3) is 55.4 Å². The number of amidine groups is 1. The molecule has 0 spiro atoms. The third kappa shape index (κ3) is 8.35. The third-order valence-corrected chi connectivity index (χ3v) is 13.4. The van der Waals surface area contributed by atoms with Crippen LogP contribution in [0.15, 0.2) is 193 Å². The van der Waals surface area contributed by atoms with E-state index in [-0.39, 0.29) is 50.2 Å². The number of fused-ring (bicyclic) bond motifs is 6. The third-order valence-electron chi connectivity index (χ3n) is 13.4. The van der Waals surface area contributed by atoms with E-state index in [0.29, 0.717) is 17.1 Å². The van der Waals surface area contributed by atoms with Crippen LogP contribution in [0, 0.1) is 6.07 Å². The van der Waals surface area contributed by atoms with Crippen molar-refractivity contribution < 1.29 is 30.9 Å². The van der Waals surface area contributed by atoms with Gasteiger partial charge in [-0.15, -0.1) is 17.2 Å². The van der Waals surface area contributed by atoms with Crippen LogP contribution in [-0.2, 0) is 32.9 Å². The minimum atomic E-state index is -0.205. The number of anilines is 1. The second kappa shape index (κ2) is 18.2. The molecule has 68 heavy (non-hydrogen) atoms. The topological polar surface area (TPSA) is 58.0 Å². The van der Waals surface area contributed by atoms with E-state index in [1.165, 1.54) is 22.3 Å². The Balaban J connectivity index is 0.00000539. The van der Waals surface area contributed by atoms with Gasteiger partial charge < -0.3 is 19.7 Å². The molecule has 11 rings (SSSR count). The summed E-state index contributed by atoms with van der Waals surface area (Å²) in [6, 6.07) is 70.2. The van der Waals surface area contributed by atoms with Crippen molar-refractivity contribution in [1.82, 2.24) is 4.98 Å². The Morgan fingerprint density at radius 1 is 0.632 bits per heavy atom. The van der Waals surface area contributed by atoms with E-state index in [9.17, 15) is 5.11 Å². The summed E-state index contributed by atoms with van der Waals surface area (Å²) in [4.78, 5) is 13.3. The van der Waals surface area contributed by atoms with Crippen molar-refractivity contribution in [3.05, 3.63) is 222 Å². The van der Waals surface area contributed by atoms with Gasteiger partial charge in [-0.05, 0) is 98.2 Å². The van der Waals surface area contributed by atoms with Crippen LogP contribution in [0.2, 0.25) is 0 Å². The van der Waals surface area contributed by atoms with Crippen LogP contribution >= 0.6 is 0 Å². The van der Waals surface area contributed by atoms with E-state index in [4.69, 9.17) is 14.7 Å². The van der Waals surface area contributed by atoms with E-state index in [1.807, 2.05) is 18.2 Å². The van der Waals surface area contributed by atoms with Crippen molar-refractivity contribution in [2.75, 3.05) is 4.90 Å². The van der Waals surface area contributed by atoms with Gasteiger partial charge in [0.2, 0.25) is 5.88 Å². The van der Waals surface area contributed by atoms with Crippen LogP contribution in [-0.4, -0.2) is 22.0 Å². The first-order valence-electron chi connectivity index (χ1n) is 23.4. The minimum absolute atomic E-state index is 0. The van der Waals surface area contributed by atoms with Gasteiger partial charge in [0, 0.05) is 49.4 Å². The van der Waals surface area contributed by atoms with Gasteiger partial charge in [0.05, 0.1) is 23.6 Å². The fourth-order valence-electron chi connectivity index (χ4n) is 9.96. The van der Waals surface area contributed by atoms with E-state index in [2.05, 4.69) is 215 Å². The van der Waals surface area contributed by atoms with Gasteiger partial charge in [-0.1, -0.05) is 186 Å². The summed E-state index contributed by atoms with van der Waals surface area (Å²) in [6.45, 7) is 10.8. The number of aromatic hydroxyl groups is 1. The number of rotatable bonds is 8. The molecule has 0 bridgehead atoms. The summed E-state index contributed by atoms with van der Waals surface area (Å²) in [5, 5.41) is 12.1. The summed E-state index contributed by atoms with van der Waals surface area (Å²) in [7, 11) is 0. The van der Waals surface area contributed by atoms with E-state index < -0.39 is 0 Å². The molecule has 1 N–H and O–H groups in total. The van der Waals surface area contributed by atoms with Crippen molar-refractivity contribution in [3.8, 4) is 61.9 Å². The molecule has 0 saturated heterocycles. The van der Waals surface area contributed by atoms with Crippen molar-refractivity contribution in [3.63, 3.8) is 0 Å². The number of phenolic OH excluding ortho intramolecular Hbond substituents is 1. The van der Waals surface area contributed by atoms with Gasteiger partial charge in [0.25, 0.3) is 0 Å². The van der Waals surface area contributed by atoms with Crippen molar-refractivity contribution >= 4 is 22.4 Å². The largest absolute Gasteiger partial charge is 0.506 e. The van der Waals surface area contributed by atoms with E-state index in [0.717, 1.165) is 73.4 Å². The molecular weight excluding hydrogens is 1010 g/mol. The van der Waals surface area contributed by atoms with E-state index >= 15 is 0 Å². The standard InChI is InChI=1S/C62H52N3O2.Pt/c1-39(2)45-31-47(34-49(33-45)67-57-30-29-44-32-48(62(3,4)5)38-56(66)58(44)63-57)61-64-59-52-28-18-17-27-51(52)50-26-16-15-25-43(50)37-55(59)65(61)60-53(41-21-11-7-12-22-41)35-46(40-19-9-6-10-20-40)36-54(60)42-23-13-8-14-24-42;/h6-33,35-36,38-39,55,59,66H,37H2,1-5H3;/q-1;/t55-,59+;/m1./s1. The number of nitrogens with zero attached hydrogens (tertiary/aromatic N) is 3. The predicted molar refractivity (Wildman–Crippen MR) is 275 cm³/mol. The Labute approximate surface area is 414 Å². The predicted octanol–water partition coefficient (Wildman–Crippen LogP) is 15.6. The van der Waals surface area contributed by atoms with Gasteiger partial charge in [0.15, 0.2) is 0 Å². The van der Waals surface area contributed by atoms with Crippen LogP contribution in [0.3, 0.4) is 0 Å². The number of aliphatic imine (C=N–C) groups is 1. The van der Waals surface area contributed by atoms with Gasteiger partial charge in [-0.25, -0.2) is 4.98 Å². The minimum Gasteiger partial charge on any atom is -0.506 e. The molecule has 0 unspecified atom stereocenters. The van der Waals surface area contributed by atoms with Crippen LogP contribution < -0.4 is 9.64 Å². The Morgan fingerprint density at radius 3 is 1.88 bits per heavy atom. The molecule has 0 saturated carbocycles. The molecule has 1 aliphatic carbocycles. The van der Waals surface area contributed by atoms with Crippen molar-refractivity contribution in [2.45, 2.75) is 64.5 Å². The molecule has 8 aromatic carbocycles. The number of ether oxygens (including phenoxy) is 1.